The summed E-state index contributed by atoms with van der Waals surface area (Å²) in [5.74, 6) is 0.460. The van der Waals surface area contributed by atoms with Crippen LogP contribution in [0.3, 0.4) is 0 Å². The normalized spacial score (nSPS) is 16.0. The van der Waals surface area contributed by atoms with Crippen molar-refractivity contribution in [3.63, 3.8) is 0 Å². The van der Waals surface area contributed by atoms with Crippen LogP contribution in [0.15, 0.2) is 70.7 Å². The first kappa shape index (κ1) is 20.3. The first-order valence-corrected chi connectivity index (χ1v) is 9.47. The molecule has 0 saturated carbocycles. The maximum Gasteiger partial charge on any atom is 0.122 e. The summed E-state index contributed by atoms with van der Waals surface area (Å²) in [6.07, 6.45) is 7.33. The van der Waals surface area contributed by atoms with Gasteiger partial charge in [0.15, 0.2) is 0 Å². The van der Waals surface area contributed by atoms with Gasteiger partial charge in [-0.05, 0) is 67.5 Å². The standard InChI is InChI=1S/C21H29NOS/c1-7-16(4)21(13-8-10-15(2)3)18(6)17(5)19-11-9-12-20(14-19)24(22)23/h8-14,16H,2,7,22H2,1,3-6H3/b10-8-,18-17-,21-13+. The van der Waals surface area contributed by atoms with Crippen molar-refractivity contribution in [3.8, 4) is 0 Å². The van der Waals surface area contributed by atoms with E-state index in [4.69, 9.17) is 5.14 Å². The lowest BCUT2D eigenvalue weighted by atomic mass is 9.88. The Morgan fingerprint density at radius 3 is 2.54 bits per heavy atom. The molecule has 0 aliphatic carbocycles. The summed E-state index contributed by atoms with van der Waals surface area (Å²) in [6, 6.07) is 7.64. The molecule has 0 fully saturated rings. The highest BCUT2D eigenvalue weighted by molar-refractivity contribution is 7.82. The second kappa shape index (κ2) is 9.55. The van der Waals surface area contributed by atoms with Crippen LogP contribution in [0.25, 0.3) is 5.57 Å². The minimum atomic E-state index is -1.46. The number of nitrogens with two attached hydrogens (primary N) is 1. The van der Waals surface area contributed by atoms with Crippen molar-refractivity contribution in [2.75, 3.05) is 0 Å². The van der Waals surface area contributed by atoms with Gasteiger partial charge in [-0.1, -0.05) is 56.4 Å². The van der Waals surface area contributed by atoms with E-state index in [0.29, 0.717) is 10.8 Å². The van der Waals surface area contributed by atoms with Crippen LogP contribution in [0.4, 0.5) is 0 Å². The van der Waals surface area contributed by atoms with Crippen LogP contribution >= 0.6 is 0 Å². The fraction of sp³-hybridized carbons (Fsp3) is 0.333. The van der Waals surface area contributed by atoms with Crippen LogP contribution < -0.4 is 5.14 Å². The highest BCUT2D eigenvalue weighted by atomic mass is 32.2. The Balaban J connectivity index is 3.35. The van der Waals surface area contributed by atoms with Crippen LogP contribution in [0, 0.1) is 5.92 Å². The largest absolute Gasteiger partial charge is 0.248 e. The van der Waals surface area contributed by atoms with E-state index >= 15 is 0 Å². The smallest absolute Gasteiger partial charge is 0.122 e. The summed E-state index contributed by atoms with van der Waals surface area (Å²) in [7, 11) is -1.46. The molecular formula is C21H29NOS. The lowest BCUT2D eigenvalue weighted by molar-refractivity contribution is 0.662. The summed E-state index contributed by atoms with van der Waals surface area (Å²) < 4.78 is 11.5. The van der Waals surface area contributed by atoms with Gasteiger partial charge in [-0.25, -0.2) is 9.35 Å². The molecule has 2 unspecified atom stereocenters. The first-order valence-electron chi connectivity index (χ1n) is 8.26. The molecule has 0 bridgehead atoms. The SMILES string of the molecule is C=C(C)\C=C/C=C(/C(C)=C(/C)c1cccc(S(N)=O)c1)C(C)CC. The monoisotopic (exact) mass is 343 g/mol. The predicted octanol–water partition coefficient (Wildman–Crippen LogP) is 5.57. The van der Waals surface area contributed by atoms with Gasteiger partial charge >= 0.3 is 0 Å². The molecule has 0 aliphatic heterocycles. The minimum Gasteiger partial charge on any atom is -0.248 e. The van der Waals surface area contributed by atoms with E-state index in [-0.39, 0.29) is 0 Å². The van der Waals surface area contributed by atoms with Crippen LogP contribution in [0.5, 0.6) is 0 Å². The molecule has 0 saturated heterocycles. The molecule has 1 aromatic carbocycles. The Kier molecular flexibility index (Phi) is 8.09. The zero-order chi connectivity index (χ0) is 18.3. The van der Waals surface area contributed by atoms with E-state index in [9.17, 15) is 4.21 Å². The molecule has 0 radical (unpaired) electrons. The summed E-state index contributed by atoms with van der Waals surface area (Å²) >= 11 is 0. The lowest BCUT2D eigenvalue weighted by Gasteiger charge is -2.18. The number of hydrogen-bond donors (Lipinski definition) is 1. The highest BCUT2D eigenvalue weighted by Gasteiger charge is 2.12. The Morgan fingerprint density at radius 1 is 1.33 bits per heavy atom. The van der Waals surface area contributed by atoms with Gasteiger partial charge in [-0.3, -0.25) is 0 Å². The molecule has 0 aromatic heterocycles. The van der Waals surface area contributed by atoms with E-state index in [1.54, 1.807) is 6.07 Å². The van der Waals surface area contributed by atoms with Crippen molar-refractivity contribution in [3.05, 3.63) is 71.4 Å². The maximum absolute atomic E-state index is 11.5. The van der Waals surface area contributed by atoms with Gasteiger partial charge in [-0.15, -0.1) is 0 Å². The number of hydrogen-bond acceptors (Lipinski definition) is 1. The average Bonchev–Trinajstić information content (AvgIpc) is 2.56. The van der Waals surface area contributed by atoms with Crippen molar-refractivity contribution in [2.24, 2.45) is 11.1 Å². The van der Waals surface area contributed by atoms with Crippen molar-refractivity contribution in [1.29, 1.82) is 0 Å². The molecule has 0 spiro atoms. The van der Waals surface area contributed by atoms with Crippen molar-refractivity contribution < 1.29 is 4.21 Å². The van der Waals surface area contributed by atoms with Gasteiger partial charge < -0.3 is 0 Å². The fourth-order valence-corrected chi connectivity index (χ4v) is 2.94. The van der Waals surface area contributed by atoms with Crippen LogP contribution in [-0.2, 0) is 11.0 Å². The highest BCUT2D eigenvalue weighted by Crippen LogP contribution is 2.29. The zero-order valence-corrected chi connectivity index (χ0v) is 16.2. The Hall–Kier alpha value is -1.71. The Labute approximate surface area is 149 Å². The third-order valence-corrected chi connectivity index (χ3v) is 5.01. The summed E-state index contributed by atoms with van der Waals surface area (Å²) in [5, 5.41) is 5.51. The third kappa shape index (κ3) is 5.73. The topological polar surface area (TPSA) is 43.1 Å². The van der Waals surface area contributed by atoms with E-state index in [0.717, 1.165) is 17.6 Å². The van der Waals surface area contributed by atoms with Crippen molar-refractivity contribution in [2.45, 2.75) is 45.9 Å². The molecule has 2 nitrogen and oxygen atoms in total. The molecule has 3 heteroatoms. The first-order chi connectivity index (χ1) is 11.3. The minimum absolute atomic E-state index is 0.460. The predicted molar refractivity (Wildman–Crippen MR) is 107 cm³/mol. The lowest BCUT2D eigenvalue weighted by Crippen LogP contribution is -2.04. The van der Waals surface area contributed by atoms with Gasteiger partial charge in [0.05, 0.1) is 4.90 Å². The van der Waals surface area contributed by atoms with Gasteiger partial charge in [0, 0.05) is 0 Å². The average molecular weight is 344 g/mol. The third-order valence-electron chi connectivity index (χ3n) is 4.29. The number of allylic oxidation sites excluding steroid dienone is 7. The molecule has 0 aliphatic rings. The van der Waals surface area contributed by atoms with Crippen LogP contribution in [0.2, 0.25) is 0 Å². The summed E-state index contributed by atoms with van der Waals surface area (Å²) in [4.78, 5) is 0.649. The molecule has 0 heterocycles. The van der Waals surface area contributed by atoms with Gasteiger partial charge in [0.1, 0.15) is 11.0 Å². The van der Waals surface area contributed by atoms with E-state index in [1.165, 1.54) is 16.7 Å². The molecule has 130 valence electrons. The second-order valence-corrected chi connectivity index (χ2v) is 7.28. The van der Waals surface area contributed by atoms with Crippen LogP contribution in [-0.4, -0.2) is 4.21 Å². The van der Waals surface area contributed by atoms with Crippen molar-refractivity contribution in [1.82, 2.24) is 0 Å². The number of benzene rings is 1. The Bertz CT molecular complexity index is 710. The molecular weight excluding hydrogens is 314 g/mol. The molecule has 2 atom stereocenters. The second-order valence-electron chi connectivity index (χ2n) is 6.21. The zero-order valence-electron chi connectivity index (χ0n) is 15.4. The van der Waals surface area contributed by atoms with Crippen LogP contribution in [0.1, 0.15) is 46.6 Å². The number of rotatable bonds is 7. The molecule has 0 amide bonds. The fourth-order valence-electron chi connectivity index (χ4n) is 2.48. The van der Waals surface area contributed by atoms with Gasteiger partial charge in [-0.2, -0.15) is 0 Å². The van der Waals surface area contributed by atoms with E-state index in [2.05, 4.69) is 46.4 Å². The summed E-state index contributed by atoms with van der Waals surface area (Å²) in [5.41, 5.74) is 5.83. The van der Waals surface area contributed by atoms with E-state index in [1.807, 2.05) is 31.2 Å². The molecule has 24 heavy (non-hydrogen) atoms. The summed E-state index contributed by atoms with van der Waals surface area (Å²) in [6.45, 7) is 14.6. The molecule has 2 N–H and O–H groups in total. The molecule has 1 rings (SSSR count). The van der Waals surface area contributed by atoms with Crippen molar-refractivity contribution >= 4 is 16.6 Å². The quantitative estimate of drug-likeness (QED) is 0.647. The Morgan fingerprint density at radius 2 is 2.00 bits per heavy atom. The van der Waals surface area contributed by atoms with Gasteiger partial charge in [0.25, 0.3) is 0 Å². The molecule has 1 aromatic rings. The maximum atomic E-state index is 11.5. The van der Waals surface area contributed by atoms with Gasteiger partial charge in [0.2, 0.25) is 0 Å². The van der Waals surface area contributed by atoms with E-state index < -0.39 is 11.0 Å².